The highest BCUT2D eigenvalue weighted by atomic mass is 14.4. The van der Waals surface area contributed by atoms with Crippen LogP contribution in [0, 0.1) is 218 Å². The van der Waals surface area contributed by atoms with Gasteiger partial charge in [0.2, 0.25) is 0 Å². The fourth-order valence-corrected chi connectivity index (χ4v) is 19.8. The minimum Gasteiger partial charge on any atom is -0.0654 e. The van der Waals surface area contributed by atoms with Crippen molar-refractivity contribution >= 4 is 0 Å². The first kappa shape index (κ1) is 140. The van der Waals surface area contributed by atoms with Crippen LogP contribution in [0.15, 0.2) is 0 Å². The second-order valence-corrected chi connectivity index (χ2v) is 50.2. The standard InChI is InChI=1S/C14H30.2C13H28.2C12H26.C11H24.C10H20.C10H22.C9H20.2C8H18/c1-11(2)9-7-8-10-14(12(3)4)13(5)6;1-10(2)12(11(3)4)8-9-13(5,6)7;1-10(2)8-7-9-13(11(3)4)12(5)6;1-9(2)7-8-12(10(3)4)11(5)6;1-6-7-8-9-12(10(2)3)11(4)5;1-6-7-8-11(9(2)3)10(4)5;1-7(2)10(8(3)4)9-5-6-9;1-6-7-10(8(2)3)9(4)5;1-6-9(7(2)3)8(4)5;1-7(2)5-6-8(3)4;1-6(2)8(5)7(3)4/h11-14H,7-10H2,1-6H3;10-12H,8-9H2,1-7H3;10-13H,7-9H2,1-6H3;9-12H,7-8H2,1-6H3;10-12H,6-9H2,1-5H3;9-11H,6-8H2,1-5H3;7-10H,5-6H2,1-4H3;8-10H,6-7H2,1-5H3;7-9H,6H2,1-5H3;7-8H,5-6H2,1-4H3;6-8H,1-5H3. The molecule has 120 heavy (non-hydrogen) atoms. The molecule has 1 rings (SSSR count). The predicted octanol–water partition coefficient (Wildman–Crippen LogP) is 43.9. The third-order valence-electron chi connectivity index (χ3n) is 28.1. The zero-order valence-corrected chi connectivity index (χ0v) is 97.0. The number of unbranched alkanes of at least 4 members (excludes halogenated alkanes) is 4. The average Bonchev–Trinajstić information content (AvgIpc) is 1.71. The zero-order valence-electron chi connectivity index (χ0n) is 97.0. The van der Waals surface area contributed by atoms with E-state index in [9.17, 15) is 0 Å². The lowest BCUT2D eigenvalue weighted by Crippen LogP contribution is -2.18. The van der Waals surface area contributed by atoms with Gasteiger partial charge in [0.25, 0.3) is 0 Å². The SMILES string of the molecule is CC(C)C(C(C)C)C1CC1.CC(C)C(C)C(C)C.CC(C)C(CCC(C)(C)C)C(C)C.CC(C)CCC(C(C)C)C(C)C.CC(C)CCC(C)C.CC(C)CCCC(C(C)C)C(C)C.CC(C)CCCCC(C(C)C)C(C)C.CCC(C(C)C)C(C)C.CCCC(C(C)C)C(C)C.CCCCC(C(C)C)C(C)C.CCCCCC(C(C)C)C(C)C. The summed E-state index contributed by atoms with van der Waals surface area (Å²) in [4.78, 5) is 0. The van der Waals surface area contributed by atoms with Crippen molar-refractivity contribution in [2.24, 2.45) is 218 Å². The van der Waals surface area contributed by atoms with Crippen LogP contribution in [-0.4, -0.2) is 0 Å². The molecule has 0 nitrogen and oxygen atoms in total. The molecule has 0 atom stereocenters. The van der Waals surface area contributed by atoms with Crippen molar-refractivity contribution in [3.63, 3.8) is 0 Å². The van der Waals surface area contributed by atoms with Gasteiger partial charge in [0.15, 0.2) is 0 Å². The fourth-order valence-electron chi connectivity index (χ4n) is 19.8. The third kappa shape index (κ3) is 95.6. The van der Waals surface area contributed by atoms with Crippen molar-refractivity contribution < 1.29 is 0 Å². The molecule has 0 heterocycles. The maximum atomic E-state index is 2.37. The Kier molecular flexibility index (Phi) is 100. The lowest BCUT2D eigenvalue weighted by molar-refractivity contribution is 0.226. The monoisotopic (exact) mass is 1700 g/mol. The molecular weight excluding hydrogens is 1440 g/mol. The first-order valence-electron chi connectivity index (χ1n) is 54.8. The first-order chi connectivity index (χ1) is 54.8. The van der Waals surface area contributed by atoms with E-state index >= 15 is 0 Å². The molecule has 0 aromatic rings. The lowest BCUT2D eigenvalue weighted by atomic mass is 9.78. The highest BCUT2D eigenvalue weighted by molar-refractivity contribution is 4.85. The van der Waals surface area contributed by atoms with E-state index in [1.165, 1.54) is 161 Å². The van der Waals surface area contributed by atoms with E-state index in [-0.39, 0.29) is 0 Å². The molecule has 0 bridgehead atoms. The van der Waals surface area contributed by atoms with Crippen LogP contribution < -0.4 is 0 Å². The Morgan fingerprint density at radius 1 is 0.183 bits per heavy atom. The van der Waals surface area contributed by atoms with Crippen molar-refractivity contribution in [2.75, 3.05) is 0 Å². The van der Waals surface area contributed by atoms with Crippen LogP contribution in [0.2, 0.25) is 0 Å². The molecule has 1 aliphatic carbocycles. The molecule has 0 saturated heterocycles. The van der Waals surface area contributed by atoms with Gasteiger partial charge in [-0.05, 0) is 276 Å². The summed E-state index contributed by atoms with van der Waals surface area (Å²) in [5, 5.41) is 0. The molecule has 0 aromatic heterocycles. The minimum absolute atomic E-state index is 0.502. The summed E-state index contributed by atoms with van der Waals surface area (Å²) in [6.07, 6.45) is 35.1. The third-order valence-corrected chi connectivity index (χ3v) is 28.1. The van der Waals surface area contributed by atoms with Crippen LogP contribution in [0.5, 0.6) is 0 Å². The Morgan fingerprint density at radius 3 is 0.567 bits per heavy atom. The van der Waals surface area contributed by atoms with Crippen LogP contribution in [0.25, 0.3) is 0 Å². The van der Waals surface area contributed by atoms with Gasteiger partial charge in [0, 0.05) is 0 Å². The average molecular weight is 1700 g/mol. The highest BCUT2D eigenvalue weighted by Gasteiger charge is 2.35. The summed E-state index contributed by atoms with van der Waals surface area (Å²) in [7, 11) is 0. The van der Waals surface area contributed by atoms with E-state index in [0.717, 1.165) is 213 Å². The molecule has 0 aromatic carbocycles. The molecule has 0 radical (unpaired) electrons. The Balaban J connectivity index is -0.000000139. The Hall–Kier alpha value is 0. The number of hydrogen-bond acceptors (Lipinski definition) is 0. The fraction of sp³-hybridized carbons (Fsp3) is 1.00. The summed E-state index contributed by atoms with van der Waals surface area (Å²) in [5.74, 6) is 31.9. The summed E-state index contributed by atoms with van der Waals surface area (Å²) in [5.41, 5.74) is 0.502. The molecular formula is C120H260. The molecule has 740 valence electrons. The largest absolute Gasteiger partial charge is 0.0654 e. The Bertz CT molecular complexity index is 1820. The smallest absolute Gasteiger partial charge is 0.0340 e. The molecule has 1 fully saturated rings. The van der Waals surface area contributed by atoms with Crippen molar-refractivity contribution in [3.8, 4) is 0 Å². The van der Waals surface area contributed by atoms with Gasteiger partial charge in [-0.2, -0.15) is 0 Å². The summed E-state index contributed by atoms with van der Waals surface area (Å²) in [6, 6.07) is 0. The van der Waals surface area contributed by atoms with Gasteiger partial charge < -0.3 is 0 Å². The second-order valence-electron chi connectivity index (χ2n) is 50.2. The number of hydrogen-bond donors (Lipinski definition) is 0. The van der Waals surface area contributed by atoms with Gasteiger partial charge in [0.05, 0.1) is 0 Å². The predicted molar refractivity (Wildman–Crippen MR) is 573 cm³/mol. The highest BCUT2D eigenvalue weighted by Crippen LogP contribution is 2.44. The van der Waals surface area contributed by atoms with Crippen LogP contribution in [0.3, 0.4) is 0 Å². The van der Waals surface area contributed by atoms with E-state index in [1.807, 2.05) is 0 Å². The molecule has 0 unspecified atom stereocenters. The lowest BCUT2D eigenvalue weighted by Gasteiger charge is -2.28. The van der Waals surface area contributed by atoms with Crippen molar-refractivity contribution in [1.82, 2.24) is 0 Å². The summed E-state index contributed by atoms with van der Waals surface area (Å²) in [6.45, 7) is 135. The van der Waals surface area contributed by atoms with Gasteiger partial charge in [-0.3, -0.25) is 0 Å². The first-order valence-corrected chi connectivity index (χ1v) is 54.8. The van der Waals surface area contributed by atoms with Gasteiger partial charge in [-0.15, -0.1) is 0 Å². The molecule has 0 aliphatic heterocycles. The van der Waals surface area contributed by atoms with Gasteiger partial charge in [-0.1, -0.05) is 504 Å². The van der Waals surface area contributed by atoms with Gasteiger partial charge in [-0.25, -0.2) is 0 Å². The second kappa shape index (κ2) is 85.8. The van der Waals surface area contributed by atoms with E-state index in [1.54, 1.807) is 0 Å². The topological polar surface area (TPSA) is 0 Å². The summed E-state index contributed by atoms with van der Waals surface area (Å²) >= 11 is 0. The van der Waals surface area contributed by atoms with Crippen molar-refractivity contribution in [2.45, 2.75) is 562 Å². The van der Waals surface area contributed by atoms with Crippen LogP contribution in [0.1, 0.15) is 562 Å². The zero-order chi connectivity index (χ0) is 97.0. The van der Waals surface area contributed by atoms with E-state index < -0.39 is 0 Å². The number of rotatable bonds is 48. The van der Waals surface area contributed by atoms with Crippen LogP contribution in [0.4, 0.5) is 0 Å². The maximum absolute atomic E-state index is 2.37. The van der Waals surface area contributed by atoms with Gasteiger partial charge >= 0.3 is 0 Å². The summed E-state index contributed by atoms with van der Waals surface area (Å²) < 4.78 is 0. The molecule has 0 heteroatoms. The van der Waals surface area contributed by atoms with E-state index in [0.29, 0.717) is 5.41 Å². The van der Waals surface area contributed by atoms with Crippen LogP contribution in [-0.2, 0) is 0 Å². The normalized spacial score (nSPS) is 12.9. The van der Waals surface area contributed by atoms with Crippen molar-refractivity contribution in [3.05, 3.63) is 0 Å². The van der Waals surface area contributed by atoms with E-state index in [4.69, 9.17) is 0 Å². The molecule has 0 spiro atoms. The van der Waals surface area contributed by atoms with Crippen LogP contribution >= 0.6 is 0 Å². The van der Waals surface area contributed by atoms with E-state index in [2.05, 4.69) is 402 Å². The Morgan fingerprint density at radius 2 is 0.392 bits per heavy atom. The molecule has 0 amide bonds. The molecule has 1 aliphatic rings. The molecule has 0 N–H and O–H groups in total. The van der Waals surface area contributed by atoms with Crippen molar-refractivity contribution in [1.29, 1.82) is 0 Å². The minimum atomic E-state index is 0.502. The quantitative estimate of drug-likeness (QED) is 0.0533. The van der Waals surface area contributed by atoms with Gasteiger partial charge in [0.1, 0.15) is 0 Å². The Labute approximate surface area is 775 Å². The maximum Gasteiger partial charge on any atom is -0.0340 e. The molecule has 1 saturated carbocycles.